The predicted octanol–water partition coefficient (Wildman–Crippen LogP) is -0.303. The Bertz CT molecular complexity index is 485. The van der Waals surface area contributed by atoms with Crippen molar-refractivity contribution in [2.75, 3.05) is 26.2 Å². The van der Waals surface area contributed by atoms with Crippen molar-refractivity contribution in [3.63, 3.8) is 0 Å². The van der Waals surface area contributed by atoms with Gasteiger partial charge < -0.3 is 10.8 Å². The van der Waals surface area contributed by atoms with E-state index in [1.54, 1.807) is 0 Å². The molecule has 0 radical (unpaired) electrons. The van der Waals surface area contributed by atoms with Gasteiger partial charge in [0.25, 0.3) is 10.2 Å². The Morgan fingerprint density at radius 3 is 2.25 bits per heavy atom. The number of piperidine rings is 1. The van der Waals surface area contributed by atoms with E-state index in [-0.39, 0.29) is 19.5 Å². The molecule has 7 nitrogen and oxygen atoms in total. The summed E-state index contributed by atoms with van der Waals surface area (Å²) in [5, 5.41) is 9.09. The minimum Gasteiger partial charge on any atom is -0.480 e. The zero-order valence-corrected chi connectivity index (χ0v) is 12.8. The second-order valence-corrected chi connectivity index (χ2v) is 8.24. The van der Waals surface area contributed by atoms with E-state index in [0.717, 1.165) is 6.42 Å². The molecule has 2 aliphatic heterocycles. The van der Waals surface area contributed by atoms with Crippen molar-refractivity contribution in [2.24, 2.45) is 17.6 Å². The molecule has 3 N–H and O–H groups in total. The van der Waals surface area contributed by atoms with E-state index in [4.69, 9.17) is 10.8 Å². The van der Waals surface area contributed by atoms with Crippen molar-refractivity contribution >= 4 is 16.2 Å². The molecule has 2 aliphatic rings. The van der Waals surface area contributed by atoms with Gasteiger partial charge >= 0.3 is 5.97 Å². The van der Waals surface area contributed by atoms with Gasteiger partial charge in [-0.1, -0.05) is 13.8 Å². The maximum atomic E-state index is 12.6. The summed E-state index contributed by atoms with van der Waals surface area (Å²) in [6, 6.07) is 0. The van der Waals surface area contributed by atoms with E-state index in [0.29, 0.717) is 24.9 Å². The van der Waals surface area contributed by atoms with Gasteiger partial charge in [0.15, 0.2) is 0 Å². The number of carboxylic acid groups (broad SMARTS) is 1. The number of carbonyl (C=O) groups is 1. The number of aliphatic carboxylic acids is 1. The van der Waals surface area contributed by atoms with Crippen LogP contribution in [0.1, 0.15) is 26.7 Å². The van der Waals surface area contributed by atoms with Crippen molar-refractivity contribution < 1.29 is 18.3 Å². The minimum atomic E-state index is -3.61. The Morgan fingerprint density at radius 1 is 1.25 bits per heavy atom. The number of nitrogens with two attached hydrogens (primary N) is 1. The highest BCUT2D eigenvalue weighted by molar-refractivity contribution is 7.86. The van der Waals surface area contributed by atoms with E-state index >= 15 is 0 Å². The zero-order valence-electron chi connectivity index (χ0n) is 11.9. The maximum absolute atomic E-state index is 12.6. The highest BCUT2D eigenvalue weighted by Gasteiger charge is 2.47. The molecular formula is C12H23N3O4S. The molecule has 0 aromatic rings. The lowest BCUT2D eigenvalue weighted by Crippen LogP contribution is -2.53. The fourth-order valence-corrected chi connectivity index (χ4v) is 5.05. The van der Waals surface area contributed by atoms with Crippen LogP contribution in [0.3, 0.4) is 0 Å². The van der Waals surface area contributed by atoms with E-state index in [9.17, 15) is 13.2 Å². The Labute approximate surface area is 119 Å². The first kappa shape index (κ1) is 15.7. The van der Waals surface area contributed by atoms with Crippen molar-refractivity contribution in [1.29, 1.82) is 0 Å². The molecule has 0 bridgehead atoms. The van der Waals surface area contributed by atoms with Crippen molar-refractivity contribution in [2.45, 2.75) is 32.2 Å². The summed E-state index contributed by atoms with van der Waals surface area (Å²) < 4.78 is 27.9. The normalized spacial score (nSPS) is 37.1. The van der Waals surface area contributed by atoms with Gasteiger partial charge in [-0.2, -0.15) is 17.0 Å². The molecule has 2 rings (SSSR count). The SMILES string of the molecule is CC1CC(C)CN(S(=O)(=O)N2CCC(N)(C(=O)O)C2)C1. The third-order valence-electron chi connectivity index (χ3n) is 4.18. The van der Waals surface area contributed by atoms with E-state index in [1.807, 2.05) is 13.8 Å². The first-order valence-electron chi connectivity index (χ1n) is 6.92. The van der Waals surface area contributed by atoms with Gasteiger partial charge in [-0.3, -0.25) is 4.79 Å². The van der Waals surface area contributed by atoms with Crippen LogP contribution in [-0.2, 0) is 15.0 Å². The lowest BCUT2D eigenvalue weighted by Gasteiger charge is -2.36. The maximum Gasteiger partial charge on any atom is 0.325 e. The predicted molar refractivity (Wildman–Crippen MR) is 74.2 cm³/mol. The highest BCUT2D eigenvalue weighted by atomic mass is 32.2. The second-order valence-electron chi connectivity index (χ2n) is 6.32. The highest BCUT2D eigenvalue weighted by Crippen LogP contribution is 2.28. The van der Waals surface area contributed by atoms with Gasteiger partial charge in [0, 0.05) is 26.2 Å². The molecule has 20 heavy (non-hydrogen) atoms. The molecule has 2 heterocycles. The summed E-state index contributed by atoms with van der Waals surface area (Å²) in [5.74, 6) is -0.507. The quantitative estimate of drug-likeness (QED) is 0.745. The summed E-state index contributed by atoms with van der Waals surface area (Å²) in [6.07, 6.45) is 1.17. The molecule has 0 spiro atoms. The first-order chi connectivity index (χ1) is 9.15. The van der Waals surface area contributed by atoms with Crippen LogP contribution in [0, 0.1) is 11.8 Å². The van der Waals surface area contributed by atoms with E-state index < -0.39 is 21.7 Å². The van der Waals surface area contributed by atoms with Crippen LogP contribution in [-0.4, -0.2) is 59.8 Å². The van der Waals surface area contributed by atoms with Gasteiger partial charge in [-0.15, -0.1) is 0 Å². The molecule has 8 heteroatoms. The fraction of sp³-hybridized carbons (Fsp3) is 0.917. The third-order valence-corrected chi connectivity index (χ3v) is 6.09. The first-order valence-corrected chi connectivity index (χ1v) is 8.32. The Balaban J connectivity index is 2.14. The molecule has 0 aromatic heterocycles. The zero-order chi connectivity index (χ0) is 15.1. The summed E-state index contributed by atoms with van der Waals surface area (Å²) in [6.45, 7) is 5.08. The molecule has 3 unspecified atom stereocenters. The number of carboxylic acids is 1. The molecule has 0 saturated carbocycles. The number of hydrogen-bond donors (Lipinski definition) is 2. The Hall–Kier alpha value is -0.700. The lowest BCUT2D eigenvalue weighted by atomic mass is 9.94. The smallest absolute Gasteiger partial charge is 0.325 e. The lowest BCUT2D eigenvalue weighted by molar-refractivity contribution is -0.142. The van der Waals surface area contributed by atoms with Gasteiger partial charge in [0.2, 0.25) is 0 Å². The van der Waals surface area contributed by atoms with Gasteiger partial charge in [0.05, 0.1) is 0 Å². The topological polar surface area (TPSA) is 104 Å². The number of rotatable bonds is 3. The van der Waals surface area contributed by atoms with Gasteiger partial charge in [0.1, 0.15) is 5.54 Å². The van der Waals surface area contributed by atoms with Crippen molar-refractivity contribution in [3.05, 3.63) is 0 Å². The summed E-state index contributed by atoms with van der Waals surface area (Å²) >= 11 is 0. The average Bonchev–Trinajstić information content (AvgIpc) is 2.73. The van der Waals surface area contributed by atoms with Crippen LogP contribution in [0.25, 0.3) is 0 Å². The molecule has 0 amide bonds. The largest absolute Gasteiger partial charge is 0.480 e. The molecule has 2 fully saturated rings. The number of nitrogens with zero attached hydrogens (tertiary/aromatic N) is 2. The Kier molecular flexibility index (Phi) is 4.12. The molecule has 116 valence electrons. The van der Waals surface area contributed by atoms with Gasteiger partial charge in [-0.05, 0) is 24.7 Å². The van der Waals surface area contributed by atoms with Crippen LogP contribution >= 0.6 is 0 Å². The van der Waals surface area contributed by atoms with E-state index in [1.165, 1.54) is 8.61 Å². The van der Waals surface area contributed by atoms with Crippen LogP contribution in [0.15, 0.2) is 0 Å². The van der Waals surface area contributed by atoms with Crippen LogP contribution in [0.4, 0.5) is 0 Å². The standard InChI is InChI=1S/C12H23N3O4S/c1-9-5-10(2)7-15(6-9)20(18,19)14-4-3-12(13,8-14)11(16)17/h9-10H,3-8,13H2,1-2H3,(H,16,17). The molecule has 0 aromatic carbocycles. The summed E-state index contributed by atoms with van der Waals surface area (Å²) in [5.41, 5.74) is 4.29. The second kappa shape index (κ2) is 5.25. The fourth-order valence-electron chi connectivity index (χ4n) is 3.13. The average molecular weight is 305 g/mol. The molecular weight excluding hydrogens is 282 g/mol. The third kappa shape index (κ3) is 2.83. The van der Waals surface area contributed by atoms with E-state index in [2.05, 4.69) is 0 Å². The molecule has 0 aliphatic carbocycles. The van der Waals surface area contributed by atoms with Crippen LogP contribution in [0.5, 0.6) is 0 Å². The summed E-state index contributed by atoms with van der Waals surface area (Å²) in [4.78, 5) is 11.1. The van der Waals surface area contributed by atoms with Crippen molar-refractivity contribution in [3.8, 4) is 0 Å². The molecule has 3 atom stereocenters. The minimum absolute atomic E-state index is 0.149. The number of hydrogen-bond acceptors (Lipinski definition) is 4. The van der Waals surface area contributed by atoms with Crippen LogP contribution < -0.4 is 5.73 Å². The molecule has 2 saturated heterocycles. The van der Waals surface area contributed by atoms with Crippen LogP contribution in [0.2, 0.25) is 0 Å². The van der Waals surface area contributed by atoms with Crippen molar-refractivity contribution in [1.82, 2.24) is 8.61 Å². The van der Waals surface area contributed by atoms with Gasteiger partial charge in [-0.25, -0.2) is 0 Å². The summed E-state index contributed by atoms with van der Waals surface area (Å²) in [7, 11) is -3.61. The monoisotopic (exact) mass is 305 g/mol. The Morgan fingerprint density at radius 2 is 1.80 bits per heavy atom.